The van der Waals surface area contributed by atoms with Crippen LogP contribution in [0.15, 0.2) is 30.3 Å². The van der Waals surface area contributed by atoms with Crippen molar-refractivity contribution in [3.05, 3.63) is 30.3 Å². The van der Waals surface area contributed by atoms with Gasteiger partial charge in [-0.15, -0.1) is 0 Å². The van der Waals surface area contributed by atoms with Crippen LogP contribution in [0.5, 0.6) is 0 Å². The number of carbonyl (C=O) groups is 2. The Kier molecular flexibility index (Phi) is 5.04. The average molecular weight is 330 g/mol. The van der Waals surface area contributed by atoms with Gasteiger partial charge in [-0.05, 0) is 30.9 Å². The standard InChI is InChI=1S/C18H26N4O2/c1-20(2)17(23)13-21-10-14-8-9-16(12-21)22(11-14)18(24)19-15-6-4-3-5-7-15/h3-7,14,16H,8-13H2,1-2H3,(H,19,24)/t14-,16+/m0/s1. The van der Waals surface area contributed by atoms with Gasteiger partial charge >= 0.3 is 6.03 Å². The number of nitrogens with one attached hydrogen (secondary N) is 1. The Labute approximate surface area is 143 Å². The maximum atomic E-state index is 12.7. The first-order valence-corrected chi connectivity index (χ1v) is 8.58. The smallest absolute Gasteiger partial charge is 0.322 e. The van der Waals surface area contributed by atoms with E-state index in [0.717, 1.165) is 38.2 Å². The second-order valence-corrected chi connectivity index (χ2v) is 7.03. The summed E-state index contributed by atoms with van der Waals surface area (Å²) < 4.78 is 0. The Morgan fingerprint density at radius 2 is 1.88 bits per heavy atom. The number of likely N-dealkylation sites (N-methyl/N-ethyl adjacent to an activating group) is 1. The molecule has 2 atom stereocenters. The van der Waals surface area contributed by atoms with Crippen molar-refractivity contribution in [3.8, 4) is 0 Å². The highest BCUT2D eigenvalue weighted by atomic mass is 16.2. The SMILES string of the molecule is CN(C)C(=O)CN1C[C@@H]2CC[C@H](C1)N(C(=O)Nc1ccccc1)C2. The molecular formula is C18H26N4O2. The molecule has 2 bridgehead atoms. The second kappa shape index (κ2) is 7.21. The van der Waals surface area contributed by atoms with Gasteiger partial charge in [-0.3, -0.25) is 9.69 Å². The van der Waals surface area contributed by atoms with Gasteiger partial charge in [0.05, 0.1) is 6.54 Å². The summed E-state index contributed by atoms with van der Waals surface area (Å²) in [5.41, 5.74) is 0.822. The second-order valence-electron chi connectivity index (χ2n) is 7.03. The third-order valence-electron chi connectivity index (χ3n) is 4.93. The molecule has 6 heteroatoms. The number of piperidine rings is 1. The number of nitrogens with zero attached hydrogens (tertiary/aromatic N) is 3. The van der Waals surface area contributed by atoms with E-state index in [1.807, 2.05) is 35.2 Å². The quantitative estimate of drug-likeness (QED) is 0.918. The topological polar surface area (TPSA) is 55.9 Å². The fourth-order valence-corrected chi connectivity index (χ4v) is 3.61. The summed E-state index contributed by atoms with van der Waals surface area (Å²) in [4.78, 5) is 30.5. The molecule has 0 saturated carbocycles. The molecule has 0 aliphatic carbocycles. The molecule has 3 heterocycles. The zero-order valence-electron chi connectivity index (χ0n) is 14.4. The van der Waals surface area contributed by atoms with Crippen molar-refractivity contribution in [3.63, 3.8) is 0 Å². The van der Waals surface area contributed by atoms with Crippen LogP contribution in [-0.4, -0.2) is 73.0 Å². The molecule has 130 valence electrons. The predicted molar refractivity (Wildman–Crippen MR) is 93.8 cm³/mol. The molecule has 0 unspecified atom stereocenters. The Morgan fingerprint density at radius 3 is 2.58 bits per heavy atom. The molecule has 0 spiro atoms. The number of rotatable bonds is 3. The highest BCUT2D eigenvalue weighted by Crippen LogP contribution is 2.28. The molecule has 3 fully saturated rings. The highest BCUT2D eigenvalue weighted by Gasteiger charge is 2.37. The summed E-state index contributed by atoms with van der Waals surface area (Å²) in [5, 5.41) is 2.99. The largest absolute Gasteiger partial charge is 0.348 e. The van der Waals surface area contributed by atoms with E-state index in [-0.39, 0.29) is 18.0 Å². The summed E-state index contributed by atoms with van der Waals surface area (Å²) in [6.07, 6.45) is 2.14. The monoisotopic (exact) mass is 330 g/mol. The zero-order valence-corrected chi connectivity index (χ0v) is 14.4. The van der Waals surface area contributed by atoms with Crippen LogP contribution in [0.1, 0.15) is 12.8 Å². The summed E-state index contributed by atoms with van der Waals surface area (Å²) in [5.74, 6) is 0.567. The lowest BCUT2D eigenvalue weighted by atomic mass is 9.95. The molecule has 4 rings (SSSR count). The Bertz CT molecular complexity index is 590. The number of anilines is 1. The van der Waals surface area contributed by atoms with E-state index in [1.165, 1.54) is 0 Å². The molecule has 6 nitrogen and oxygen atoms in total. The molecule has 3 aliphatic heterocycles. The first-order chi connectivity index (χ1) is 11.5. The molecule has 3 amide bonds. The van der Waals surface area contributed by atoms with E-state index in [2.05, 4.69) is 10.2 Å². The van der Waals surface area contributed by atoms with Gasteiger partial charge in [0.15, 0.2) is 0 Å². The van der Waals surface area contributed by atoms with Crippen molar-refractivity contribution in [2.45, 2.75) is 18.9 Å². The lowest BCUT2D eigenvalue weighted by Crippen LogP contribution is -2.49. The number of benzene rings is 1. The predicted octanol–water partition coefficient (Wildman–Crippen LogP) is 1.70. The summed E-state index contributed by atoms with van der Waals surface area (Å²) in [7, 11) is 3.57. The van der Waals surface area contributed by atoms with Gasteiger partial charge in [-0.1, -0.05) is 18.2 Å². The number of hydrogen-bond donors (Lipinski definition) is 1. The van der Waals surface area contributed by atoms with Crippen LogP contribution >= 0.6 is 0 Å². The minimum absolute atomic E-state index is 0.0308. The van der Waals surface area contributed by atoms with Gasteiger partial charge in [0.1, 0.15) is 0 Å². The van der Waals surface area contributed by atoms with Crippen LogP contribution in [0.25, 0.3) is 0 Å². The first kappa shape index (κ1) is 16.8. The number of fused-ring (bicyclic) bond motifs is 4. The Balaban J connectivity index is 1.65. The first-order valence-electron chi connectivity index (χ1n) is 8.58. The molecule has 24 heavy (non-hydrogen) atoms. The summed E-state index contributed by atoms with van der Waals surface area (Å²) >= 11 is 0. The van der Waals surface area contributed by atoms with Crippen LogP contribution in [0.4, 0.5) is 10.5 Å². The van der Waals surface area contributed by atoms with E-state index >= 15 is 0 Å². The van der Waals surface area contributed by atoms with E-state index in [1.54, 1.807) is 19.0 Å². The summed E-state index contributed by atoms with van der Waals surface area (Å²) in [6, 6.07) is 9.71. The molecule has 0 aromatic heterocycles. The lowest BCUT2D eigenvalue weighted by molar-refractivity contribution is -0.129. The van der Waals surface area contributed by atoms with Crippen molar-refractivity contribution in [2.75, 3.05) is 45.6 Å². The molecule has 1 aromatic rings. The minimum Gasteiger partial charge on any atom is -0.348 e. The van der Waals surface area contributed by atoms with Crippen LogP contribution in [0.3, 0.4) is 0 Å². The minimum atomic E-state index is -0.0308. The third kappa shape index (κ3) is 3.87. The maximum Gasteiger partial charge on any atom is 0.322 e. The van der Waals surface area contributed by atoms with Gasteiger partial charge in [0.25, 0.3) is 0 Å². The summed E-state index contributed by atoms with van der Waals surface area (Å²) in [6.45, 7) is 2.88. The zero-order chi connectivity index (χ0) is 17.1. The highest BCUT2D eigenvalue weighted by molar-refractivity contribution is 5.89. The van der Waals surface area contributed by atoms with Crippen molar-refractivity contribution in [1.82, 2.24) is 14.7 Å². The van der Waals surface area contributed by atoms with Gasteiger partial charge in [-0.2, -0.15) is 0 Å². The van der Waals surface area contributed by atoms with Gasteiger partial charge in [0.2, 0.25) is 5.91 Å². The van der Waals surface area contributed by atoms with Gasteiger partial charge in [-0.25, -0.2) is 4.79 Å². The van der Waals surface area contributed by atoms with Crippen molar-refractivity contribution in [2.24, 2.45) is 5.92 Å². The van der Waals surface area contributed by atoms with Crippen LogP contribution in [0, 0.1) is 5.92 Å². The van der Waals surface area contributed by atoms with E-state index in [0.29, 0.717) is 12.5 Å². The van der Waals surface area contributed by atoms with Gasteiger partial charge < -0.3 is 15.1 Å². The van der Waals surface area contributed by atoms with Crippen molar-refractivity contribution < 1.29 is 9.59 Å². The normalized spacial score (nSPS) is 23.7. The molecule has 3 saturated heterocycles. The van der Waals surface area contributed by atoms with Crippen molar-refractivity contribution in [1.29, 1.82) is 0 Å². The Hall–Kier alpha value is -2.08. The van der Waals surface area contributed by atoms with E-state index < -0.39 is 0 Å². The van der Waals surface area contributed by atoms with Crippen LogP contribution in [-0.2, 0) is 4.79 Å². The third-order valence-corrected chi connectivity index (χ3v) is 4.93. The average Bonchev–Trinajstić information content (AvgIpc) is 2.86. The van der Waals surface area contributed by atoms with Crippen LogP contribution < -0.4 is 5.32 Å². The number of urea groups is 1. The van der Waals surface area contributed by atoms with Crippen LogP contribution in [0.2, 0.25) is 0 Å². The number of hydrogen-bond acceptors (Lipinski definition) is 3. The fraction of sp³-hybridized carbons (Fsp3) is 0.556. The lowest BCUT2D eigenvalue weighted by Gasteiger charge is -2.36. The molecular weight excluding hydrogens is 304 g/mol. The van der Waals surface area contributed by atoms with E-state index in [4.69, 9.17) is 0 Å². The van der Waals surface area contributed by atoms with Gasteiger partial charge in [0, 0.05) is 45.5 Å². The molecule has 3 aliphatic rings. The van der Waals surface area contributed by atoms with E-state index in [9.17, 15) is 9.59 Å². The molecule has 1 N–H and O–H groups in total. The number of para-hydroxylation sites is 1. The fourth-order valence-electron chi connectivity index (χ4n) is 3.61. The number of amides is 3. The molecule has 1 aromatic carbocycles. The Morgan fingerprint density at radius 1 is 1.12 bits per heavy atom. The maximum absolute atomic E-state index is 12.7. The molecule has 0 radical (unpaired) electrons. The number of carbonyl (C=O) groups excluding carboxylic acids is 2. The van der Waals surface area contributed by atoms with Crippen molar-refractivity contribution >= 4 is 17.6 Å².